The fourth-order valence-electron chi connectivity index (χ4n) is 2.65. The highest BCUT2D eigenvalue weighted by Crippen LogP contribution is 2.20. The summed E-state index contributed by atoms with van der Waals surface area (Å²) >= 11 is 0. The molecule has 3 rings (SSSR count). The minimum Gasteiger partial charge on any atom is -0.376 e. The normalized spacial score (nSPS) is 15.1. The van der Waals surface area contributed by atoms with Crippen LogP contribution in [0.15, 0.2) is 29.1 Å². The van der Waals surface area contributed by atoms with E-state index in [2.05, 4.69) is 10.4 Å². The van der Waals surface area contributed by atoms with E-state index in [9.17, 15) is 14.9 Å². The molecule has 1 aromatic heterocycles. The first-order valence-electron chi connectivity index (χ1n) is 7.54. The van der Waals surface area contributed by atoms with Crippen molar-refractivity contribution in [2.24, 2.45) is 0 Å². The molecule has 1 saturated carbocycles. The zero-order valence-electron chi connectivity index (χ0n) is 12.5. The maximum Gasteiger partial charge on any atom is 0.368 e. The molecule has 23 heavy (non-hydrogen) atoms. The molecule has 0 radical (unpaired) electrons. The highest BCUT2D eigenvalue weighted by atomic mass is 16.6. The molecule has 0 N–H and O–H groups in total. The van der Waals surface area contributed by atoms with Crippen molar-refractivity contribution >= 4 is 5.69 Å². The van der Waals surface area contributed by atoms with Gasteiger partial charge in [0.25, 0.3) is 5.69 Å². The second kappa shape index (κ2) is 6.69. The fourth-order valence-corrected chi connectivity index (χ4v) is 2.65. The second-order valence-corrected chi connectivity index (χ2v) is 5.45. The molecule has 1 aromatic carbocycles. The largest absolute Gasteiger partial charge is 0.376 e. The molecule has 0 saturated heterocycles. The summed E-state index contributed by atoms with van der Waals surface area (Å²) in [6.45, 7) is 0.756. The van der Waals surface area contributed by atoms with Crippen molar-refractivity contribution in [2.45, 2.75) is 38.3 Å². The summed E-state index contributed by atoms with van der Waals surface area (Å²) in [5.74, 6) is 0. The smallest absolute Gasteiger partial charge is 0.368 e. The number of nitro groups is 1. The van der Waals surface area contributed by atoms with E-state index in [-0.39, 0.29) is 11.8 Å². The topological polar surface area (TPSA) is 105 Å². The lowest BCUT2D eigenvalue weighted by Gasteiger charge is -2.09. The third-order valence-corrected chi connectivity index (χ3v) is 3.90. The molecular weight excluding hydrogens is 302 g/mol. The molecule has 0 unspecified atom stereocenters. The number of rotatable bonds is 6. The standard InChI is InChI=1S/C14H17N5O4/c20-14-17(9-10-23-13-3-1-2-4-13)15-16-18(14)11-5-7-12(8-6-11)19(21)22/h5-8,13H,1-4,9-10H2. The Balaban J connectivity index is 1.66. The van der Waals surface area contributed by atoms with Crippen molar-refractivity contribution in [2.75, 3.05) is 6.61 Å². The zero-order chi connectivity index (χ0) is 16.2. The lowest BCUT2D eigenvalue weighted by molar-refractivity contribution is -0.384. The van der Waals surface area contributed by atoms with Crippen LogP contribution in [-0.2, 0) is 11.3 Å². The van der Waals surface area contributed by atoms with Crippen molar-refractivity contribution in [3.8, 4) is 5.69 Å². The second-order valence-electron chi connectivity index (χ2n) is 5.45. The van der Waals surface area contributed by atoms with Gasteiger partial charge in [-0.2, -0.15) is 9.36 Å². The average Bonchev–Trinajstić information content (AvgIpc) is 3.18. The number of ether oxygens (including phenoxy) is 1. The Labute approximate surface area is 131 Å². The summed E-state index contributed by atoms with van der Waals surface area (Å²) in [5.41, 5.74) is -0.00316. The quantitative estimate of drug-likeness (QED) is 0.587. The van der Waals surface area contributed by atoms with E-state index < -0.39 is 10.6 Å². The summed E-state index contributed by atoms with van der Waals surface area (Å²) in [5, 5.41) is 18.3. The number of tetrazole rings is 1. The van der Waals surface area contributed by atoms with Crippen molar-refractivity contribution in [3.63, 3.8) is 0 Å². The van der Waals surface area contributed by atoms with Crippen molar-refractivity contribution in [1.29, 1.82) is 0 Å². The number of hydrogen-bond donors (Lipinski definition) is 0. The number of aromatic nitrogens is 4. The predicted octanol–water partition coefficient (Wildman–Crippen LogP) is 1.30. The minimum absolute atomic E-state index is 0.0424. The number of nitro benzene ring substituents is 1. The van der Waals surface area contributed by atoms with Crippen LogP contribution in [0.5, 0.6) is 0 Å². The number of non-ortho nitro benzene ring substituents is 1. The number of hydrogen-bond acceptors (Lipinski definition) is 6. The van der Waals surface area contributed by atoms with Gasteiger partial charge in [0, 0.05) is 12.1 Å². The van der Waals surface area contributed by atoms with Crippen LogP contribution >= 0.6 is 0 Å². The van der Waals surface area contributed by atoms with Crippen LogP contribution in [0.3, 0.4) is 0 Å². The molecule has 1 fully saturated rings. The number of nitrogens with zero attached hydrogens (tertiary/aromatic N) is 5. The summed E-state index contributed by atoms with van der Waals surface area (Å²) in [6.07, 6.45) is 4.83. The van der Waals surface area contributed by atoms with Gasteiger partial charge in [0.15, 0.2) is 0 Å². The minimum atomic E-state index is -0.496. The van der Waals surface area contributed by atoms with Gasteiger partial charge in [-0.05, 0) is 35.4 Å². The summed E-state index contributed by atoms with van der Waals surface area (Å²) < 4.78 is 8.05. The molecule has 1 heterocycles. The van der Waals surface area contributed by atoms with Crippen LogP contribution in [0.2, 0.25) is 0 Å². The Hall–Kier alpha value is -2.55. The van der Waals surface area contributed by atoms with E-state index in [1.54, 1.807) is 0 Å². The Morgan fingerprint density at radius 3 is 2.57 bits per heavy atom. The Kier molecular flexibility index (Phi) is 4.47. The van der Waals surface area contributed by atoms with Crippen LogP contribution in [-0.4, -0.2) is 37.4 Å². The van der Waals surface area contributed by atoms with E-state index in [1.807, 2.05) is 0 Å². The van der Waals surface area contributed by atoms with Gasteiger partial charge in [-0.25, -0.2) is 4.79 Å². The van der Waals surface area contributed by atoms with Crippen LogP contribution in [0.25, 0.3) is 5.69 Å². The Morgan fingerprint density at radius 2 is 1.91 bits per heavy atom. The monoisotopic (exact) mass is 319 g/mol. The first-order chi connectivity index (χ1) is 11.1. The molecule has 0 bridgehead atoms. The first-order valence-corrected chi connectivity index (χ1v) is 7.54. The average molecular weight is 319 g/mol. The fraction of sp³-hybridized carbons (Fsp3) is 0.500. The van der Waals surface area contributed by atoms with Crippen molar-refractivity contribution in [1.82, 2.24) is 19.8 Å². The molecule has 0 aliphatic heterocycles. The van der Waals surface area contributed by atoms with Crippen LogP contribution in [0.1, 0.15) is 25.7 Å². The van der Waals surface area contributed by atoms with Gasteiger partial charge in [-0.3, -0.25) is 10.1 Å². The Bertz CT molecular complexity index is 730. The molecular formula is C14H17N5O4. The highest BCUT2D eigenvalue weighted by molar-refractivity contribution is 5.39. The van der Waals surface area contributed by atoms with Gasteiger partial charge in [0.2, 0.25) is 0 Å². The van der Waals surface area contributed by atoms with Crippen LogP contribution < -0.4 is 5.69 Å². The molecule has 0 atom stereocenters. The van der Waals surface area contributed by atoms with Gasteiger partial charge in [0.05, 0.1) is 29.9 Å². The number of benzene rings is 1. The summed E-state index contributed by atoms with van der Waals surface area (Å²) in [4.78, 5) is 22.4. The van der Waals surface area contributed by atoms with Gasteiger partial charge in [0.1, 0.15) is 0 Å². The molecule has 9 nitrogen and oxygen atoms in total. The van der Waals surface area contributed by atoms with E-state index in [4.69, 9.17) is 4.74 Å². The molecule has 122 valence electrons. The maximum absolute atomic E-state index is 12.2. The van der Waals surface area contributed by atoms with Crippen LogP contribution in [0.4, 0.5) is 5.69 Å². The van der Waals surface area contributed by atoms with Gasteiger partial charge in [-0.1, -0.05) is 12.8 Å². The third kappa shape index (κ3) is 3.45. The maximum atomic E-state index is 12.2. The SMILES string of the molecule is O=c1n(CCOC2CCCC2)nnn1-c1ccc([N+](=O)[O-])cc1. The van der Waals surface area contributed by atoms with Crippen molar-refractivity contribution < 1.29 is 9.66 Å². The zero-order valence-corrected chi connectivity index (χ0v) is 12.5. The first kappa shape index (κ1) is 15.3. The molecule has 0 amide bonds. The molecule has 0 spiro atoms. The van der Waals surface area contributed by atoms with Gasteiger partial charge in [-0.15, -0.1) is 0 Å². The van der Waals surface area contributed by atoms with Crippen molar-refractivity contribution in [3.05, 3.63) is 44.9 Å². The Morgan fingerprint density at radius 1 is 1.22 bits per heavy atom. The van der Waals surface area contributed by atoms with E-state index in [0.717, 1.165) is 17.5 Å². The third-order valence-electron chi connectivity index (χ3n) is 3.90. The van der Waals surface area contributed by atoms with Crippen LogP contribution in [0, 0.1) is 10.1 Å². The van der Waals surface area contributed by atoms with Gasteiger partial charge >= 0.3 is 5.69 Å². The molecule has 2 aromatic rings. The van der Waals surface area contributed by atoms with E-state index >= 15 is 0 Å². The molecule has 1 aliphatic rings. The summed E-state index contributed by atoms with van der Waals surface area (Å²) in [7, 11) is 0. The lowest BCUT2D eigenvalue weighted by Crippen LogP contribution is -2.26. The summed E-state index contributed by atoms with van der Waals surface area (Å²) in [6, 6.07) is 5.58. The lowest BCUT2D eigenvalue weighted by atomic mass is 10.3. The predicted molar refractivity (Wildman–Crippen MR) is 80.5 cm³/mol. The van der Waals surface area contributed by atoms with Gasteiger partial charge < -0.3 is 4.74 Å². The molecule has 9 heteroatoms. The highest BCUT2D eigenvalue weighted by Gasteiger charge is 2.16. The van der Waals surface area contributed by atoms with E-state index in [1.165, 1.54) is 41.8 Å². The molecule has 1 aliphatic carbocycles. The van der Waals surface area contributed by atoms with E-state index in [0.29, 0.717) is 18.8 Å².